The van der Waals surface area contributed by atoms with Crippen molar-refractivity contribution in [2.75, 3.05) is 0 Å². The highest BCUT2D eigenvalue weighted by atomic mass is 35.5. The summed E-state index contributed by atoms with van der Waals surface area (Å²) >= 11 is 11.9. The number of carbonyl (C=O) groups excluding carboxylic acids is 1. The lowest BCUT2D eigenvalue weighted by Crippen LogP contribution is -2.05. The van der Waals surface area contributed by atoms with Gasteiger partial charge in [-0.15, -0.1) is 0 Å². The first-order valence-electron chi connectivity index (χ1n) is 6.46. The number of benzene rings is 2. The zero-order valence-electron chi connectivity index (χ0n) is 11.0. The third kappa shape index (κ3) is 2.92. The molecular formula is C17H11Cl2NO. The number of ketones is 1. The van der Waals surface area contributed by atoms with Crippen LogP contribution >= 0.6 is 23.2 Å². The molecular weight excluding hydrogens is 305 g/mol. The second-order valence-electron chi connectivity index (χ2n) is 4.71. The van der Waals surface area contributed by atoms with Gasteiger partial charge in [-0.1, -0.05) is 41.4 Å². The number of aromatic nitrogens is 1. The lowest BCUT2D eigenvalue weighted by molar-refractivity contribution is 0.0993. The van der Waals surface area contributed by atoms with E-state index in [2.05, 4.69) is 4.98 Å². The van der Waals surface area contributed by atoms with Crippen molar-refractivity contribution in [3.8, 4) is 0 Å². The lowest BCUT2D eigenvalue weighted by atomic mass is 10.00. The SMILES string of the molecule is O=C(Cc1ccnc2ccccc12)c1ccc(Cl)cc1Cl. The number of hydrogen-bond acceptors (Lipinski definition) is 2. The Hall–Kier alpha value is -1.90. The molecule has 0 aliphatic rings. The summed E-state index contributed by atoms with van der Waals surface area (Å²) in [6.45, 7) is 0. The number of halogens is 2. The fraction of sp³-hybridized carbons (Fsp3) is 0.0588. The van der Waals surface area contributed by atoms with Gasteiger partial charge in [-0.05, 0) is 35.9 Å². The summed E-state index contributed by atoms with van der Waals surface area (Å²) in [7, 11) is 0. The highest BCUT2D eigenvalue weighted by molar-refractivity contribution is 6.36. The summed E-state index contributed by atoms with van der Waals surface area (Å²) < 4.78 is 0. The second-order valence-corrected chi connectivity index (χ2v) is 5.55. The molecule has 0 bridgehead atoms. The predicted octanol–water partition coefficient (Wildman–Crippen LogP) is 4.97. The molecule has 104 valence electrons. The molecule has 0 aliphatic heterocycles. The van der Waals surface area contributed by atoms with Crippen LogP contribution in [0, 0.1) is 0 Å². The van der Waals surface area contributed by atoms with E-state index in [1.165, 1.54) is 0 Å². The van der Waals surface area contributed by atoms with Crippen LogP contribution in [0.5, 0.6) is 0 Å². The zero-order valence-corrected chi connectivity index (χ0v) is 12.5. The van der Waals surface area contributed by atoms with Gasteiger partial charge >= 0.3 is 0 Å². The van der Waals surface area contributed by atoms with Crippen LogP contribution in [0.4, 0.5) is 0 Å². The summed E-state index contributed by atoms with van der Waals surface area (Å²) in [5.74, 6) is -0.0342. The Balaban J connectivity index is 1.97. The molecule has 3 aromatic rings. The van der Waals surface area contributed by atoms with Gasteiger partial charge in [0.05, 0.1) is 10.5 Å². The summed E-state index contributed by atoms with van der Waals surface area (Å²) in [6, 6.07) is 14.5. The van der Waals surface area contributed by atoms with Crippen LogP contribution in [-0.4, -0.2) is 10.8 Å². The number of hydrogen-bond donors (Lipinski definition) is 0. The highest BCUT2D eigenvalue weighted by Gasteiger charge is 2.13. The number of para-hydroxylation sites is 1. The zero-order chi connectivity index (χ0) is 14.8. The van der Waals surface area contributed by atoms with Crippen LogP contribution in [0.1, 0.15) is 15.9 Å². The number of carbonyl (C=O) groups is 1. The normalized spacial score (nSPS) is 10.8. The Bertz CT molecular complexity index is 825. The van der Waals surface area contributed by atoms with E-state index in [0.29, 0.717) is 15.6 Å². The molecule has 0 spiro atoms. The molecule has 2 aromatic carbocycles. The molecule has 2 nitrogen and oxygen atoms in total. The maximum Gasteiger partial charge on any atom is 0.168 e. The standard InChI is InChI=1S/C17H11Cl2NO/c18-12-5-6-14(15(19)10-12)17(21)9-11-7-8-20-16-4-2-1-3-13(11)16/h1-8,10H,9H2. The molecule has 21 heavy (non-hydrogen) atoms. The van der Waals surface area contributed by atoms with E-state index in [4.69, 9.17) is 23.2 Å². The second kappa shape index (κ2) is 5.84. The fourth-order valence-corrected chi connectivity index (χ4v) is 2.81. The van der Waals surface area contributed by atoms with Crippen LogP contribution in [0.2, 0.25) is 10.0 Å². The van der Waals surface area contributed by atoms with E-state index < -0.39 is 0 Å². The largest absolute Gasteiger partial charge is 0.294 e. The van der Waals surface area contributed by atoms with E-state index >= 15 is 0 Å². The number of fused-ring (bicyclic) bond motifs is 1. The topological polar surface area (TPSA) is 30.0 Å². The number of Topliss-reactive ketones (excluding diaryl/α,β-unsaturated/α-hetero) is 1. The summed E-state index contributed by atoms with van der Waals surface area (Å²) in [5.41, 5.74) is 2.31. The lowest BCUT2D eigenvalue weighted by Gasteiger charge is -2.07. The molecule has 1 aromatic heterocycles. The molecule has 3 rings (SSSR count). The number of rotatable bonds is 3. The van der Waals surface area contributed by atoms with Gasteiger partial charge in [0.1, 0.15) is 0 Å². The maximum atomic E-state index is 12.4. The first kappa shape index (κ1) is 14.1. The Kier molecular flexibility index (Phi) is 3.91. The van der Waals surface area contributed by atoms with Crippen molar-refractivity contribution < 1.29 is 4.79 Å². The van der Waals surface area contributed by atoms with E-state index in [9.17, 15) is 4.79 Å². The average molecular weight is 316 g/mol. The summed E-state index contributed by atoms with van der Waals surface area (Å²) in [5, 5.41) is 1.88. The molecule has 1 heterocycles. The number of pyridine rings is 1. The fourth-order valence-electron chi connectivity index (χ4n) is 2.29. The smallest absolute Gasteiger partial charge is 0.168 e. The minimum absolute atomic E-state index is 0.0342. The van der Waals surface area contributed by atoms with Crippen molar-refractivity contribution >= 4 is 39.9 Å². The molecule has 0 N–H and O–H groups in total. The van der Waals surface area contributed by atoms with Crippen molar-refractivity contribution in [3.63, 3.8) is 0 Å². The third-order valence-corrected chi connectivity index (χ3v) is 3.87. The molecule has 0 saturated carbocycles. The van der Waals surface area contributed by atoms with Crippen molar-refractivity contribution in [2.45, 2.75) is 6.42 Å². The van der Waals surface area contributed by atoms with Crippen molar-refractivity contribution in [2.24, 2.45) is 0 Å². The van der Waals surface area contributed by atoms with Crippen molar-refractivity contribution in [1.82, 2.24) is 4.98 Å². The quantitative estimate of drug-likeness (QED) is 0.639. The first-order valence-corrected chi connectivity index (χ1v) is 7.21. The van der Waals surface area contributed by atoms with Crippen molar-refractivity contribution in [3.05, 3.63) is 75.9 Å². The Morgan fingerprint density at radius 2 is 1.86 bits per heavy atom. The monoisotopic (exact) mass is 315 g/mol. The van der Waals surface area contributed by atoms with E-state index in [0.717, 1.165) is 16.5 Å². The first-order chi connectivity index (χ1) is 10.1. The van der Waals surface area contributed by atoms with Crippen molar-refractivity contribution in [1.29, 1.82) is 0 Å². The van der Waals surface area contributed by atoms with Crippen LogP contribution in [0.15, 0.2) is 54.7 Å². The highest BCUT2D eigenvalue weighted by Crippen LogP contribution is 2.24. The molecule has 0 fully saturated rings. The van der Waals surface area contributed by atoms with Gasteiger partial charge < -0.3 is 0 Å². The molecule has 0 saturated heterocycles. The maximum absolute atomic E-state index is 12.4. The van der Waals surface area contributed by atoms with Crippen LogP contribution in [0.3, 0.4) is 0 Å². The van der Waals surface area contributed by atoms with Crippen LogP contribution < -0.4 is 0 Å². The number of nitrogens with zero attached hydrogens (tertiary/aromatic N) is 1. The molecule has 0 aliphatic carbocycles. The summed E-state index contributed by atoms with van der Waals surface area (Å²) in [4.78, 5) is 16.7. The Morgan fingerprint density at radius 1 is 1.05 bits per heavy atom. The van der Waals surface area contributed by atoms with Gasteiger partial charge in [-0.3, -0.25) is 9.78 Å². The van der Waals surface area contributed by atoms with Gasteiger partial charge in [0.15, 0.2) is 5.78 Å². The Morgan fingerprint density at radius 3 is 2.67 bits per heavy atom. The molecule has 0 atom stereocenters. The van der Waals surface area contributed by atoms with E-state index in [1.807, 2.05) is 30.3 Å². The van der Waals surface area contributed by atoms with Crippen LogP contribution in [0.25, 0.3) is 10.9 Å². The average Bonchev–Trinajstić information content (AvgIpc) is 2.47. The molecule has 0 unspecified atom stereocenters. The third-order valence-electron chi connectivity index (χ3n) is 3.32. The van der Waals surface area contributed by atoms with Gasteiger partial charge in [0.25, 0.3) is 0 Å². The van der Waals surface area contributed by atoms with E-state index in [1.54, 1.807) is 24.4 Å². The van der Waals surface area contributed by atoms with Gasteiger partial charge in [-0.25, -0.2) is 0 Å². The van der Waals surface area contributed by atoms with E-state index in [-0.39, 0.29) is 12.2 Å². The summed E-state index contributed by atoms with van der Waals surface area (Å²) in [6.07, 6.45) is 2.00. The minimum Gasteiger partial charge on any atom is -0.294 e. The van der Waals surface area contributed by atoms with Gasteiger partial charge in [0, 0.05) is 28.6 Å². The molecule has 4 heteroatoms. The van der Waals surface area contributed by atoms with Crippen LogP contribution in [-0.2, 0) is 6.42 Å². The molecule has 0 radical (unpaired) electrons. The predicted molar refractivity (Wildman–Crippen MR) is 86.2 cm³/mol. The molecule has 0 amide bonds. The minimum atomic E-state index is -0.0342. The van der Waals surface area contributed by atoms with Gasteiger partial charge in [-0.2, -0.15) is 0 Å². The van der Waals surface area contributed by atoms with Gasteiger partial charge in [0.2, 0.25) is 0 Å². The Labute approximate surface area is 132 Å².